The summed E-state index contributed by atoms with van der Waals surface area (Å²) in [6.45, 7) is 5.11. The van der Waals surface area contributed by atoms with Crippen molar-refractivity contribution in [2.45, 2.75) is 38.8 Å². The highest BCUT2D eigenvalue weighted by atomic mass is 35.5. The van der Waals surface area contributed by atoms with E-state index in [0.29, 0.717) is 53.5 Å². The van der Waals surface area contributed by atoms with Crippen molar-refractivity contribution < 1.29 is 19.1 Å². The molecular weight excluding hydrogens is 526 g/mol. The van der Waals surface area contributed by atoms with Crippen LogP contribution in [0, 0.1) is 6.92 Å². The van der Waals surface area contributed by atoms with Crippen molar-refractivity contribution in [3.63, 3.8) is 0 Å². The number of amides is 1. The molecule has 206 valence electrons. The zero-order valence-electron chi connectivity index (χ0n) is 22.6. The van der Waals surface area contributed by atoms with Gasteiger partial charge in [-0.3, -0.25) is 14.5 Å². The number of Topliss-reactive ketones (excluding diaryl/α,β-unsaturated/α-hetero) is 1. The number of rotatable bonds is 7. The Kier molecular flexibility index (Phi) is 7.79. The number of benzene rings is 3. The number of esters is 1. The third kappa shape index (κ3) is 5.53. The van der Waals surface area contributed by atoms with Crippen LogP contribution in [-0.4, -0.2) is 47.8 Å². The lowest BCUT2D eigenvalue weighted by atomic mass is 9.86. The van der Waals surface area contributed by atoms with Crippen LogP contribution in [0.2, 0.25) is 5.02 Å². The third-order valence-electron chi connectivity index (χ3n) is 7.65. The fourth-order valence-electron chi connectivity index (χ4n) is 5.56. The lowest BCUT2D eigenvalue weighted by molar-refractivity contribution is -0.149. The van der Waals surface area contributed by atoms with Gasteiger partial charge in [0.25, 0.3) is 0 Å². The Hall–Kier alpha value is -3.94. The van der Waals surface area contributed by atoms with Gasteiger partial charge in [0.1, 0.15) is 0 Å². The summed E-state index contributed by atoms with van der Waals surface area (Å²) >= 11 is 6.72. The SMILES string of the molecule is CC(=O)c1cccc(-c2cc(C)c(C3=C(N)C4(CCCN(CC(=O)NCc5ccccc5)C4)OC3=O)cc2Cl)c1. The van der Waals surface area contributed by atoms with Gasteiger partial charge in [-0.15, -0.1) is 0 Å². The van der Waals surface area contributed by atoms with Gasteiger partial charge in [0.05, 0.1) is 17.8 Å². The number of hydrogen-bond acceptors (Lipinski definition) is 6. The minimum atomic E-state index is -0.988. The minimum absolute atomic E-state index is 0.0292. The Morgan fingerprint density at radius 3 is 2.60 bits per heavy atom. The first kappa shape index (κ1) is 27.6. The van der Waals surface area contributed by atoms with Crippen molar-refractivity contribution in [2.24, 2.45) is 5.73 Å². The summed E-state index contributed by atoms with van der Waals surface area (Å²) < 4.78 is 5.97. The molecule has 0 saturated carbocycles. The Labute approximate surface area is 239 Å². The van der Waals surface area contributed by atoms with E-state index < -0.39 is 11.6 Å². The predicted molar refractivity (Wildman–Crippen MR) is 156 cm³/mol. The zero-order valence-corrected chi connectivity index (χ0v) is 23.4. The van der Waals surface area contributed by atoms with E-state index in [2.05, 4.69) is 5.32 Å². The number of ketones is 1. The number of halogens is 1. The van der Waals surface area contributed by atoms with Crippen LogP contribution in [-0.2, 0) is 20.9 Å². The van der Waals surface area contributed by atoms with Gasteiger partial charge in [0.2, 0.25) is 5.91 Å². The summed E-state index contributed by atoms with van der Waals surface area (Å²) in [5.41, 5.74) is 11.0. The van der Waals surface area contributed by atoms with Crippen LogP contribution >= 0.6 is 11.6 Å². The summed E-state index contributed by atoms with van der Waals surface area (Å²) in [5.74, 6) is -0.614. The van der Waals surface area contributed by atoms with E-state index in [4.69, 9.17) is 22.1 Å². The number of ether oxygens (including phenoxy) is 1. The molecule has 3 aromatic rings. The molecule has 2 aliphatic rings. The second-order valence-corrected chi connectivity index (χ2v) is 10.9. The average Bonchev–Trinajstić information content (AvgIpc) is 3.17. The summed E-state index contributed by atoms with van der Waals surface area (Å²) in [5, 5.41) is 3.40. The number of nitrogens with zero attached hydrogens (tertiary/aromatic N) is 1. The van der Waals surface area contributed by atoms with Crippen LogP contribution in [0.25, 0.3) is 16.7 Å². The normalized spacial score (nSPS) is 19.1. The highest BCUT2D eigenvalue weighted by molar-refractivity contribution is 6.34. The first-order valence-electron chi connectivity index (χ1n) is 13.4. The maximum absolute atomic E-state index is 13.2. The summed E-state index contributed by atoms with van der Waals surface area (Å²) in [7, 11) is 0. The lowest BCUT2D eigenvalue weighted by Gasteiger charge is -2.39. The molecule has 1 atom stereocenters. The average molecular weight is 558 g/mol. The number of piperidine rings is 1. The van der Waals surface area contributed by atoms with Crippen molar-refractivity contribution in [2.75, 3.05) is 19.6 Å². The monoisotopic (exact) mass is 557 g/mol. The molecule has 8 heteroatoms. The molecule has 1 saturated heterocycles. The molecule has 1 spiro atoms. The van der Waals surface area contributed by atoms with Gasteiger partial charge >= 0.3 is 5.97 Å². The second kappa shape index (κ2) is 11.3. The van der Waals surface area contributed by atoms with Crippen LogP contribution in [0.5, 0.6) is 0 Å². The van der Waals surface area contributed by atoms with Gasteiger partial charge in [-0.25, -0.2) is 4.79 Å². The van der Waals surface area contributed by atoms with E-state index in [9.17, 15) is 14.4 Å². The highest BCUT2D eigenvalue weighted by Crippen LogP contribution is 2.43. The van der Waals surface area contributed by atoms with Gasteiger partial charge in [-0.1, -0.05) is 60.1 Å². The number of likely N-dealkylation sites (tertiary alicyclic amines) is 1. The quantitative estimate of drug-likeness (QED) is 0.317. The lowest BCUT2D eigenvalue weighted by Crippen LogP contribution is -2.53. The molecule has 0 radical (unpaired) electrons. The topological polar surface area (TPSA) is 102 Å². The standard InChI is InChI=1S/C32H32ClN3O4/c1-20-14-26(24-11-6-10-23(15-24)21(2)37)27(33)16-25(20)29-30(34)32(40-31(29)39)12-7-13-36(19-32)18-28(38)35-17-22-8-4-3-5-9-22/h3-6,8-11,14-16H,7,12-13,17-19,34H2,1-2H3,(H,35,38). The number of aryl methyl sites for hydroxylation is 1. The van der Waals surface area contributed by atoms with Gasteiger partial charge in [0, 0.05) is 29.2 Å². The molecule has 2 heterocycles. The summed E-state index contributed by atoms with van der Waals surface area (Å²) in [4.78, 5) is 39.8. The van der Waals surface area contributed by atoms with E-state index in [1.165, 1.54) is 6.92 Å². The van der Waals surface area contributed by atoms with Gasteiger partial charge in [-0.05, 0) is 73.7 Å². The molecule has 1 fully saturated rings. The molecular formula is C32H32ClN3O4. The molecule has 1 unspecified atom stereocenters. The smallest absolute Gasteiger partial charge is 0.341 e. The van der Waals surface area contributed by atoms with E-state index >= 15 is 0 Å². The minimum Gasteiger partial charge on any atom is -0.448 e. The number of hydrogen-bond donors (Lipinski definition) is 2. The first-order chi connectivity index (χ1) is 19.2. The van der Waals surface area contributed by atoms with Crippen LogP contribution in [0.4, 0.5) is 0 Å². The fourth-order valence-corrected chi connectivity index (χ4v) is 5.83. The molecule has 1 amide bonds. The Morgan fingerprint density at radius 2 is 1.85 bits per heavy atom. The predicted octanol–water partition coefficient (Wildman–Crippen LogP) is 4.90. The molecule has 2 aliphatic heterocycles. The maximum Gasteiger partial charge on any atom is 0.341 e. The fraction of sp³-hybridized carbons (Fsp3) is 0.281. The van der Waals surface area contributed by atoms with E-state index in [1.807, 2.05) is 66.4 Å². The Balaban J connectivity index is 1.36. The molecule has 40 heavy (non-hydrogen) atoms. The summed E-state index contributed by atoms with van der Waals surface area (Å²) in [6.07, 6.45) is 1.32. The van der Waals surface area contributed by atoms with Crippen molar-refractivity contribution in [3.05, 3.63) is 99.7 Å². The van der Waals surface area contributed by atoms with Crippen LogP contribution in [0.3, 0.4) is 0 Å². The van der Waals surface area contributed by atoms with Gasteiger partial charge < -0.3 is 15.8 Å². The van der Waals surface area contributed by atoms with E-state index in [0.717, 1.165) is 28.7 Å². The largest absolute Gasteiger partial charge is 0.448 e. The van der Waals surface area contributed by atoms with Crippen molar-refractivity contribution >= 4 is 34.8 Å². The third-order valence-corrected chi connectivity index (χ3v) is 7.96. The van der Waals surface area contributed by atoms with Crippen LogP contribution < -0.4 is 11.1 Å². The summed E-state index contributed by atoms with van der Waals surface area (Å²) in [6, 6.07) is 20.7. The van der Waals surface area contributed by atoms with E-state index in [1.54, 1.807) is 12.1 Å². The van der Waals surface area contributed by atoms with Gasteiger partial charge in [-0.2, -0.15) is 0 Å². The Bertz CT molecular complexity index is 1520. The maximum atomic E-state index is 13.2. The molecule has 7 nitrogen and oxygen atoms in total. The number of carbonyl (C=O) groups is 3. The second-order valence-electron chi connectivity index (χ2n) is 10.5. The highest BCUT2D eigenvalue weighted by Gasteiger charge is 2.49. The molecule has 3 N–H and O–H groups in total. The van der Waals surface area contributed by atoms with Gasteiger partial charge in [0.15, 0.2) is 11.4 Å². The molecule has 3 aromatic carbocycles. The number of nitrogens with two attached hydrogens (primary N) is 1. The first-order valence-corrected chi connectivity index (χ1v) is 13.7. The number of nitrogens with one attached hydrogen (secondary N) is 1. The molecule has 0 aromatic heterocycles. The van der Waals surface area contributed by atoms with Crippen LogP contribution in [0.1, 0.15) is 46.8 Å². The van der Waals surface area contributed by atoms with Crippen molar-refractivity contribution in [1.29, 1.82) is 0 Å². The van der Waals surface area contributed by atoms with Crippen LogP contribution in [0.15, 0.2) is 72.4 Å². The zero-order chi connectivity index (χ0) is 28.4. The van der Waals surface area contributed by atoms with E-state index in [-0.39, 0.29) is 18.2 Å². The number of carbonyl (C=O) groups excluding carboxylic acids is 3. The molecule has 5 rings (SSSR count). The van der Waals surface area contributed by atoms with Crippen molar-refractivity contribution in [1.82, 2.24) is 10.2 Å². The molecule has 0 aliphatic carbocycles. The van der Waals surface area contributed by atoms with Crippen molar-refractivity contribution in [3.8, 4) is 11.1 Å². The Morgan fingerprint density at radius 1 is 1.07 bits per heavy atom. The molecule has 0 bridgehead atoms.